The summed E-state index contributed by atoms with van der Waals surface area (Å²) >= 11 is 0. The van der Waals surface area contributed by atoms with E-state index in [0.717, 1.165) is 25.8 Å². The topological polar surface area (TPSA) is 77.3 Å². The van der Waals surface area contributed by atoms with Crippen LogP contribution in [0.25, 0.3) is 0 Å². The molecule has 0 fully saturated rings. The van der Waals surface area contributed by atoms with Gasteiger partial charge in [0.2, 0.25) is 0 Å². The lowest BCUT2D eigenvalue weighted by Gasteiger charge is -2.08. The van der Waals surface area contributed by atoms with Crippen molar-refractivity contribution in [3.8, 4) is 5.88 Å². The number of hydrogen-bond acceptors (Lipinski definition) is 5. The van der Waals surface area contributed by atoms with Gasteiger partial charge in [-0.2, -0.15) is 4.98 Å². The molecule has 0 bridgehead atoms. The van der Waals surface area contributed by atoms with E-state index < -0.39 is 4.92 Å². The Hall–Kier alpha value is -1.85. The number of pyridine rings is 1. The van der Waals surface area contributed by atoms with Crippen molar-refractivity contribution in [2.75, 3.05) is 18.5 Å². The second kappa shape index (κ2) is 9.96. The predicted octanol–water partition coefficient (Wildman–Crippen LogP) is 4.16. The van der Waals surface area contributed by atoms with E-state index in [9.17, 15) is 10.1 Å². The van der Waals surface area contributed by atoms with Crippen LogP contribution in [0.2, 0.25) is 0 Å². The van der Waals surface area contributed by atoms with Gasteiger partial charge in [-0.3, -0.25) is 10.1 Å². The van der Waals surface area contributed by atoms with E-state index in [2.05, 4.69) is 17.2 Å². The van der Waals surface area contributed by atoms with Crippen molar-refractivity contribution in [2.45, 2.75) is 52.4 Å². The molecule has 118 valence electrons. The molecule has 0 aliphatic carbocycles. The van der Waals surface area contributed by atoms with Gasteiger partial charge >= 0.3 is 5.69 Å². The van der Waals surface area contributed by atoms with Gasteiger partial charge in [-0.05, 0) is 18.9 Å². The second-order valence-electron chi connectivity index (χ2n) is 4.97. The fourth-order valence-corrected chi connectivity index (χ4v) is 1.90. The summed E-state index contributed by atoms with van der Waals surface area (Å²) in [5.41, 5.74) is -0.0781. The third kappa shape index (κ3) is 6.42. The van der Waals surface area contributed by atoms with Crippen molar-refractivity contribution in [2.24, 2.45) is 0 Å². The minimum absolute atomic E-state index is 0.0781. The molecule has 0 saturated carbocycles. The van der Waals surface area contributed by atoms with E-state index in [1.807, 2.05) is 6.92 Å². The third-order valence-electron chi connectivity index (χ3n) is 3.08. The van der Waals surface area contributed by atoms with Crippen LogP contribution < -0.4 is 10.1 Å². The maximum atomic E-state index is 11.0. The van der Waals surface area contributed by atoms with Crippen molar-refractivity contribution in [3.63, 3.8) is 0 Å². The average molecular weight is 295 g/mol. The maximum Gasteiger partial charge on any atom is 0.331 e. The molecule has 0 aromatic carbocycles. The van der Waals surface area contributed by atoms with Crippen molar-refractivity contribution >= 4 is 11.5 Å². The Morgan fingerprint density at radius 3 is 2.62 bits per heavy atom. The molecule has 0 aliphatic rings. The van der Waals surface area contributed by atoms with Gasteiger partial charge in [0.05, 0.1) is 11.5 Å². The van der Waals surface area contributed by atoms with Crippen LogP contribution in [0.5, 0.6) is 5.88 Å². The first-order valence-corrected chi connectivity index (χ1v) is 7.71. The SMILES string of the molecule is CCCCCCCOc1nc(NCCC)ccc1[N+](=O)[O-]. The molecule has 0 spiro atoms. The molecule has 1 rings (SSSR count). The van der Waals surface area contributed by atoms with E-state index in [4.69, 9.17) is 4.74 Å². The summed E-state index contributed by atoms with van der Waals surface area (Å²) in [6, 6.07) is 3.05. The minimum Gasteiger partial charge on any atom is -0.473 e. The molecule has 1 N–H and O–H groups in total. The summed E-state index contributed by atoms with van der Waals surface area (Å²) in [5, 5.41) is 14.1. The monoisotopic (exact) mass is 295 g/mol. The molecule has 0 radical (unpaired) electrons. The first-order chi connectivity index (χ1) is 10.2. The molecule has 0 unspecified atom stereocenters. The highest BCUT2D eigenvalue weighted by Gasteiger charge is 2.17. The van der Waals surface area contributed by atoms with E-state index in [1.165, 1.54) is 25.3 Å². The molecule has 0 atom stereocenters. The van der Waals surface area contributed by atoms with Crippen LogP contribution >= 0.6 is 0 Å². The Balaban J connectivity index is 2.57. The van der Waals surface area contributed by atoms with E-state index in [-0.39, 0.29) is 11.6 Å². The summed E-state index contributed by atoms with van der Waals surface area (Å²) in [6.45, 7) is 5.46. The molecule has 0 aliphatic heterocycles. The van der Waals surface area contributed by atoms with Gasteiger partial charge in [-0.25, -0.2) is 0 Å². The number of ether oxygens (including phenoxy) is 1. The highest BCUT2D eigenvalue weighted by atomic mass is 16.6. The van der Waals surface area contributed by atoms with Crippen molar-refractivity contribution < 1.29 is 9.66 Å². The van der Waals surface area contributed by atoms with Crippen LogP contribution in [0.3, 0.4) is 0 Å². The first kappa shape index (κ1) is 17.2. The minimum atomic E-state index is -0.455. The number of hydrogen-bond donors (Lipinski definition) is 1. The molecule has 6 nitrogen and oxygen atoms in total. The third-order valence-corrected chi connectivity index (χ3v) is 3.08. The first-order valence-electron chi connectivity index (χ1n) is 7.71. The highest BCUT2D eigenvalue weighted by Crippen LogP contribution is 2.26. The van der Waals surface area contributed by atoms with Crippen LogP contribution in [0.15, 0.2) is 12.1 Å². The number of rotatable bonds is 11. The summed E-state index contributed by atoms with van der Waals surface area (Å²) in [5.74, 6) is 0.722. The largest absolute Gasteiger partial charge is 0.473 e. The Morgan fingerprint density at radius 2 is 1.95 bits per heavy atom. The average Bonchev–Trinajstić information content (AvgIpc) is 2.48. The number of unbranched alkanes of at least 4 members (excludes halogenated alkanes) is 4. The zero-order valence-corrected chi connectivity index (χ0v) is 12.9. The van der Waals surface area contributed by atoms with Gasteiger partial charge in [0, 0.05) is 12.6 Å². The van der Waals surface area contributed by atoms with Crippen molar-refractivity contribution in [1.82, 2.24) is 4.98 Å². The maximum absolute atomic E-state index is 11.0. The number of nitro groups is 1. The van der Waals surface area contributed by atoms with Crippen LogP contribution in [0.4, 0.5) is 11.5 Å². The Morgan fingerprint density at radius 1 is 1.19 bits per heavy atom. The van der Waals surface area contributed by atoms with Gasteiger partial charge in [0.25, 0.3) is 5.88 Å². The Labute approximate surface area is 126 Å². The number of nitrogens with one attached hydrogen (secondary N) is 1. The summed E-state index contributed by atoms with van der Waals surface area (Å²) in [4.78, 5) is 14.7. The van der Waals surface area contributed by atoms with Crippen LogP contribution in [0.1, 0.15) is 52.4 Å². The fraction of sp³-hybridized carbons (Fsp3) is 0.667. The molecule has 1 aromatic rings. The molecule has 0 amide bonds. The molecule has 6 heteroatoms. The molecular weight excluding hydrogens is 270 g/mol. The lowest BCUT2D eigenvalue weighted by molar-refractivity contribution is -0.386. The van der Waals surface area contributed by atoms with Crippen LogP contribution in [0, 0.1) is 10.1 Å². The van der Waals surface area contributed by atoms with Gasteiger partial charge in [-0.15, -0.1) is 0 Å². The molecule has 0 saturated heterocycles. The smallest absolute Gasteiger partial charge is 0.331 e. The van der Waals surface area contributed by atoms with E-state index >= 15 is 0 Å². The highest BCUT2D eigenvalue weighted by molar-refractivity contribution is 5.49. The molecule has 1 aromatic heterocycles. The summed E-state index contributed by atoms with van der Waals surface area (Å²) in [6.07, 6.45) is 6.52. The Kier molecular flexibility index (Phi) is 8.16. The summed E-state index contributed by atoms with van der Waals surface area (Å²) < 4.78 is 5.51. The van der Waals surface area contributed by atoms with Gasteiger partial charge in [0.15, 0.2) is 0 Å². The normalized spacial score (nSPS) is 10.4. The zero-order chi connectivity index (χ0) is 15.5. The molecule has 21 heavy (non-hydrogen) atoms. The quantitative estimate of drug-likeness (QED) is 0.377. The standard InChI is InChI=1S/C15H25N3O3/c1-3-5-6-7-8-12-21-15-13(18(19)20)9-10-14(17-15)16-11-4-2/h9-10H,3-8,11-12H2,1-2H3,(H,16,17). The molecule has 1 heterocycles. The van der Waals surface area contributed by atoms with Crippen LogP contribution in [-0.2, 0) is 0 Å². The Bertz CT molecular complexity index is 438. The van der Waals surface area contributed by atoms with Gasteiger partial charge in [0.1, 0.15) is 5.82 Å². The van der Waals surface area contributed by atoms with Crippen LogP contribution in [-0.4, -0.2) is 23.1 Å². The summed E-state index contributed by atoms with van der Waals surface area (Å²) in [7, 11) is 0. The van der Waals surface area contributed by atoms with Crippen molar-refractivity contribution in [3.05, 3.63) is 22.2 Å². The molecular formula is C15H25N3O3. The lowest BCUT2D eigenvalue weighted by Crippen LogP contribution is -2.06. The predicted molar refractivity (Wildman–Crippen MR) is 83.9 cm³/mol. The number of anilines is 1. The fourth-order valence-electron chi connectivity index (χ4n) is 1.90. The van der Waals surface area contributed by atoms with E-state index in [0.29, 0.717) is 12.4 Å². The van der Waals surface area contributed by atoms with E-state index in [1.54, 1.807) is 6.07 Å². The van der Waals surface area contributed by atoms with Gasteiger partial charge in [-0.1, -0.05) is 39.5 Å². The van der Waals surface area contributed by atoms with Gasteiger partial charge < -0.3 is 10.1 Å². The lowest BCUT2D eigenvalue weighted by atomic mass is 10.2. The second-order valence-corrected chi connectivity index (χ2v) is 4.97. The zero-order valence-electron chi connectivity index (χ0n) is 12.9. The number of aromatic nitrogens is 1. The van der Waals surface area contributed by atoms with Crippen molar-refractivity contribution in [1.29, 1.82) is 0 Å². The number of nitrogens with zero attached hydrogens (tertiary/aromatic N) is 2.